The lowest BCUT2D eigenvalue weighted by Crippen LogP contribution is -2.06. The minimum Gasteiger partial charge on any atom is -0.294 e. The second-order valence-electron chi connectivity index (χ2n) is 4.99. The number of ketones is 1. The predicted molar refractivity (Wildman–Crippen MR) is 83.4 cm³/mol. The number of benzene rings is 1. The number of carbonyl (C=O) groups excluding carboxylic acids is 1. The summed E-state index contributed by atoms with van der Waals surface area (Å²) in [6.45, 7) is 2.09. The predicted octanol–water partition coefficient (Wildman–Crippen LogP) is 3.62. The van der Waals surface area contributed by atoms with Crippen molar-refractivity contribution in [2.24, 2.45) is 0 Å². The Morgan fingerprint density at radius 3 is 2.67 bits per heavy atom. The maximum Gasteiger partial charge on any atom is 0.169 e. The van der Waals surface area contributed by atoms with Gasteiger partial charge in [0.25, 0.3) is 0 Å². The van der Waals surface area contributed by atoms with Crippen LogP contribution in [0.2, 0.25) is 0 Å². The Kier molecular flexibility index (Phi) is 3.73. The first-order valence-electron chi connectivity index (χ1n) is 7.08. The first-order chi connectivity index (χ1) is 10.3. The van der Waals surface area contributed by atoms with E-state index in [0.717, 1.165) is 23.0 Å². The van der Waals surface area contributed by atoms with E-state index in [-0.39, 0.29) is 5.78 Å². The summed E-state index contributed by atoms with van der Waals surface area (Å²) in [6.07, 6.45) is 4.80. The Balaban J connectivity index is 1.90. The van der Waals surface area contributed by atoms with Crippen LogP contribution in [-0.4, -0.2) is 15.8 Å². The van der Waals surface area contributed by atoms with Crippen molar-refractivity contribution in [1.82, 2.24) is 9.97 Å². The van der Waals surface area contributed by atoms with Crippen LogP contribution in [0.1, 0.15) is 28.5 Å². The molecule has 0 aliphatic carbocycles. The Morgan fingerprint density at radius 1 is 1.05 bits per heavy atom. The molecule has 1 aromatic carbocycles. The van der Waals surface area contributed by atoms with E-state index < -0.39 is 0 Å². The summed E-state index contributed by atoms with van der Waals surface area (Å²) in [7, 11) is 0. The van der Waals surface area contributed by atoms with Crippen molar-refractivity contribution in [2.45, 2.75) is 19.8 Å². The van der Waals surface area contributed by atoms with Crippen molar-refractivity contribution in [2.75, 3.05) is 0 Å². The summed E-state index contributed by atoms with van der Waals surface area (Å²) in [6, 6.07) is 13.4. The van der Waals surface area contributed by atoms with Gasteiger partial charge in [0.2, 0.25) is 0 Å². The first-order valence-corrected chi connectivity index (χ1v) is 7.08. The van der Waals surface area contributed by atoms with Crippen LogP contribution in [0.15, 0.2) is 54.9 Å². The SMILES string of the molecule is CCc1ccc(CC(=O)c2ccnc3ccccc23)nc1. The van der Waals surface area contributed by atoms with Crippen LogP contribution in [0.4, 0.5) is 0 Å². The summed E-state index contributed by atoms with van der Waals surface area (Å²) in [5.74, 6) is 0.0744. The third-order valence-corrected chi connectivity index (χ3v) is 3.59. The largest absolute Gasteiger partial charge is 0.294 e. The monoisotopic (exact) mass is 276 g/mol. The molecule has 0 amide bonds. The number of pyridine rings is 2. The van der Waals surface area contributed by atoms with Gasteiger partial charge in [0, 0.05) is 29.0 Å². The van der Waals surface area contributed by atoms with Crippen LogP contribution in [0.5, 0.6) is 0 Å². The van der Waals surface area contributed by atoms with Gasteiger partial charge in [-0.2, -0.15) is 0 Å². The van der Waals surface area contributed by atoms with Gasteiger partial charge in [0.1, 0.15) is 0 Å². The number of aryl methyl sites for hydroxylation is 1. The molecule has 2 heterocycles. The normalized spacial score (nSPS) is 10.7. The van der Waals surface area contributed by atoms with E-state index in [2.05, 4.69) is 16.9 Å². The van der Waals surface area contributed by atoms with E-state index in [9.17, 15) is 4.79 Å². The highest BCUT2D eigenvalue weighted by Crippen LogP contribution is 2.18. The summed E-state index contributed by atoms with van der Waals surface area (Å²) in [5.41, 5.74) is 3.54. The van der Waals surface area contributed by atoms with Gasteiger partial charge >= 0.3 is 0 Å². The summed E-state index contributed by atoms with van der Waals surface area (Å²) >= 11 is 0. The molecule has 0 bridgehead atoms. The smallest absolute Gasteiger partial charge is 0.169 e. The fourth-order valence-electron chi connectivity index (χ4n) is 2.37. The molecule has 2 aromatic heterocycles. The molecule has 0 N–H and O–H groups in total. The number of rotatable bonds is 4. The van der Waals surface area contributed by atoms with Gasteiger partial charge in [-0.3, -0.25) is 14.8 Å². The molecule has 0 fully saturated rings. The van der Waals surface area contributed by atoms with Crippen molar-refractivity contribution >= 4 is 16.7 Å². The lowest BCUT2D eigenvalue weighted by molar-refractivity contribution is 0.0993. The van der Waals surface area contributed by atoms with Gasteiger partial charge in [-0.25, -0.2) is 0 Å². The molecule has 0 aliphatic rings. The Hall–Kier alpha value is -2.55. The number of aromatic nitrogens is 2. The standard InChI is InChI=1S/C18H16N2O/c1-2-13-7-8-14(20-12-13)11-18(21)16-9-10-19-17-6-4-3-5-15(16)17/h3-10,12H,2,11H2,1H3. The molecule has 0 atom stereocenters. The Labute approximate surface area is 123 Å². The second kappa shape index (κ2) is 5.83. The second-order valence-corrected chi connectivity index (χ2v) is 4.99. The maximum atomic E-state index is 12.5. The molecule has 0 radical (unpaired) electrons. The minimum absolute atomic E-state index is 0.0744. The number of hydrogen-bond donors (Lipinski definition) is 0. The van der Waals surface area contributed by atoms with Crippen molar-refractivity contribution in [3.63, 3.8) is 0 Å². The summed E-state index contributed by atoms with van der Waals surface area (Å²) in [5, 5.41) is 0.898. The molecular weight excluding hydrogens is 260 g/mol. The lowest BCUT2D eigenvalue weighted by atomic mass is 10.0. The number of hydrogen-bond acceptors (Lipinski definition) is 3. The highest BCUT2D eigenvalue weighted by molar-refractivity contribution is 6.07. The first kappa shape index (κ1) is 13.4. The highest BCUT2D eigenvalue weighted by atomic mass is 16.1. The van der Waals surface area contributed by atoms with Crippen molar-refractivity contribution < 1.29 is 4.79 Å². The molecule has 0 saturated heterocycles. The van der Waals surface area contributed by atoms with E-state index in [1.54, 1.807) is 12.3 Å². The molecular formula is C18H16N2O. The molecule has 0 saturated carbocycles. The van der Waals surface area contributed by atoms with E-state index >= 15 is 0 Å². The third-order valence-electron chi connectivity index (χ3n) is 3.59. The van der Waals surface area contributed by atoms with Gasteiger partial charge < -0.3 is 0 Å². The quantitative estimate of drug-likeness (QED) is 0.683. The van der Waals surface area contributed by atoms with Crippen molar-refractivity contribution in [3.8, 4) is 0 Å². The van der Waals surface area contributed by atoms with Crippen LogP contribution >= 0.6 is 0 Å². The number of carbonyl (C=O) groups is 1. The van der Waals surface area contributed by atoms with Gasteiger partial charge in [0.05, 0.1) is 11.9 Å². The molecule has 0 spiro atoms. The van der Waals surface area contributed by atoms with Gasteiger partial charge in [-0.05, 0) is 30.2 Å². The van der Waals surface area contributed by atoms with Gasteiger partial charge in [0.15, 0.2) is 5.78 Å². The third kappa shape index (κ3) is 2.82. The van der Waals surface area contributed by atoms with Crippen LogP contribution in [0.3, 0.4) is 0 Å². The fraction of sp³-hybridized carbons (Fsp3) is 0.167. The zero-order valence-electron chi connectivity index (χ0n) is 11.9. The topological polar surface area (TPSA) is 42.9 Å². The van der Waals surface area contributed by atoms with Gasteiger partial charge in [-0.1, -0.05) is 31.2 Å². The maximum absolute atomic E-state index is 12.5. The molecule has 0 aliphatic heterocycles. The molecule has 3 rings (SSSR count). The average Bonchev–Trinajstić information content (AvgIpc) is 2.55. The molecule has 104 valence electrons. The average molecular weight is 276 g/mol. The number of Topliss-reactive ketones (excluding diaryl/α,β-unsaturated/α-hetero) is 1. The van der Waals surface area contributed by atoms with Crippen molar-refractivity contribution in [1.29, 1.82) is 0 Å². The zero-order chi connectivity index (χ0) is 14.7. The Bertz CT molecular complexity index is 773. The number of nitrogens with zero attached hydrogens (tertiary/aromatic N) is 2. The van der Waals surface area contributed by atoms with E-state index in [4.69, 9.17) is 0 Å². The number of fused-ring (bicyclic) bond motifs is 1. The minimum atomic E-state index is 0.0744. The van der Waals surface area contributed by atoms with Crippen LogP contribution in [0, 0.1) is 0 Å². The molecule has 3 heteroatoms. The van der Waals surface area contributed by atoms with Crippen molar-refractivity contribution in [3.05, 3.63) is 71.7 Å². The fourth-order valence-corrected chi connectivity index (χ4v) is 2.37. The summed E-state index contributed by atoms with van der Waals surface area (Å²) < 4.78 is 0. The highest BCUT2D eigenvalue weighted by Gasteiger charge is 2.11. The Morgan fingerprint density at radius 2 is 1.90 bits per heavy atom. The van der Waals surface area contributed by atoms with Gasteiger partial charge in [-0.15, -0.1) is 0 Å². The van der Waals surface area contributed by atoms with E-state index in [1.807, 2.05) is 42.6 Å². The summed E-state index contributed by atoms with van der Waals surface area (Å²) in [4.78, 5) is 21.2. The molecule has 21 heavy (non-hydrogen) atoms. The number of para-hydroxylation sites is 1. The molecule has 3 nitrogen and oxygen atoms in total. The van der Waals surface area contributed by atoms with Crippen LogP contribution in [-0.2, 0) is 12.8 Å². The van der Waals surface area contributed by atoms with E-state index in [1.165, 1.54) is 5.56 Å². The lowest BCUT2D eigenvalue weighted by Gasteiger charge is -2.05. The zero-order valence-corrected chi connectivity index (χ0v) is 11.9. The van der Waals surface area contributed by atoms with Crippen LogP contribution < -0.4 is 0 Å². The molecule has 0 unspecified atom stereocenters. The van der Waals surface area contributed by atoms with Crippen LogP contribution in [0.25, 0.3) is 10.9 Å². The molecule has 3 aromatic rings. The van der Waals surface area contributed by atoms with E-state index in [0.29, 0.717) is 12.0 Å².